The first kappa shape index (κ1) is 24.8. The molecule has 7 nitrogen and oxygen atoms in total. The molecule has 0 unspecified atom stereocenters. The van der Waals surface area contributed by atoms with Crippen LogP contribution >= 0.6 is 0 Å². The van der Waals surface area contributed by atoms with Crippen molar-refractivity contribution in [1.82, 2.24) is 9.21 Å². The first-order valence-corrected chi connectivity index (χ1v) is 11.9. The Morgan fingerprint density at radius 2 is 1.70 bits per heavy atom. The van der Waals surface area contributed by atoms with E-state index in [4.69, 9.17) is 4.74 Å². The highest BCUT2D eigenvalue weighted by atomic mass is 32.2. The SMILES string of the molecule is CCOc1ccc(S(=O)(=O)N(C)CC(=O)N2CCN(c3cccc(C(F)(F)F)c3)CC2)cc1. The van der Waals surface area contributed by atoms with Crippen molar-refractivity contribution in [3.05, 3.63) is 54.1 Å². The zero-order chi connectivity index (χ0) is 24.2. The first-order chi connectivity index (χ1) is 15.5. The minimum atomic E-state index is -4.42. The van der Waals surface area contributed by atoms with Gasteiger partial charge in [-0.3, -0.25) is 4.79 Å². The number of hydrogen-bond acceptors (Lipinski definition) is 5. The molecule has 0 radical (unpaired) electrons. The van der Waals surface area contributed by atoms with Crippen LogP contribution in [0.2, 0.25) is 0 Å². The fraction of sp³-hybridized carbons (Fsp3) is 0.409. The summed E-state index contributed by atoms with van der Waals surface area (Å²) < 4.78 is 70.8. The van der Waals surface area contributed by atoms with Crippen molar-refractivity contribution in [3.63, 3.8) is 0 Å². The lowest BCUT2D eigenvalue weighted by molar-refractivity contribution is -0.137. The number of halogens is 3. The predicted molar refractivity (Wildman–Crippen MR) is 118 cm³/mol. The van der Waals surface area contributed by atoms with Crippen LogP contribution < -0.4 is 9.64 Å². The Kier molecular flexibility index (Phi) is 7.53. The molecule has 0 aliphatic carbocycles. The number of rotatable bonds is 7. The summed E-state index contributed by atoms with van der Waals surface area (Å²) in [5.41, 5.74) is -0.285. The molecule has 1 aliphatic rings. The molecule has 3 rings (SSSR count). The number of anilines is 1. The van der Waals surface area contributed by atoms with Gasteiger partial charge in [0.1, 0.15) is 5.75 Å². The summed E-state index contributed by atoms with van der Waals surface area (Å²) in [6.45, 7) is 3.22. The summed E-state index contributed by atoms with van der Waals surface area (Å²) in [6.07, 6.45) is -4.42. The second-order valence-corrected chi connectivity index (χ2v) is 9.63. The van der Waals surface area contributed by atoms with E-state index in [2.05, 4.69) is 0 Å². The summed E-state index contributed by atoms with van der Waals surface area (Å²) in [5.74, 6) is 0.185. The average Bonchev–Trinajstić information content (AvgIpc) is 2.79. The minimum Gasteiger partial charge on any atom is -0.494 e. The first-order valence-electron chi connectivity index (χ1n) is 10.4. The lowest BCUT2D eigenvalue weighted by Crippen LogP contribution is -2.51. The van der Waals surface area contributed by atoms with Crippen molar-refractivity contribution >= 4 is 21.6 Å². The van der Waals surface area contributed by atoms with E-state index in [-0.39, 0.29) is 30.4 Å². The second kappa shape index (κ2) is 10.0. The number of benzene rings is 2. The van der Waals surface area contributed by atoms with Crippen molar-refractivity contribution in [2.45, 2.75) is 18.0 Å². The molecule has 1 heterocycles. The topological polar surface area (TPSA) is 70.2 Å². The van der Waals surface area contributed by atoms with E-state index in [0.717, 1.165) is 16.4 Å². The lowest BCUT2D eigenvalue weighted by atomic mass is 10.1. The number of likely N-dealkylation sites (N-methyl/N-ethyl adjacent to an activating group) is 1. The van der Waals surface area contributed by atoms with Gasteiger partial charge in [-0.1, -0.05) is 6.07 Å². The number of carbonyl (C=O) groups excluding carboxylic acids is 1. The van der Waals surface area contributed by atoms with Crippen molar-refractivity contribution in [1.29, 1.82) is 0 Å². The number of hydrogen-bond donors (Lipinski definition) is 0. The van der Waals surface area contributed by atoms with Crippen molar-refractivity contribution < 1.29 is 31.1 Å². The number of sulfonamides is 1. The summed E-state index contributed by atoms with van der Waals surface area (Å²) >= 11 is 0. The predicted octanol–water partition coefficient (Wildman–Crippen LogP) is 3.07. The van der Waals surface area contributed by atoms with Crippen LogP contribution in [0.25, 0.3) is 0 Å². The quantitative estimate of drug-likeness (QED) is 0.603. The van der Waals surface area contributed by atoms with Crippen LogP contribution in [0.1, 0.15) is 12.5 Å². The second-order valence-electron chi connectivity index (χ2n) is 7.58. The maximum Gasteiger partial charge on any atom is 0.416 e. The smallest absolute Gasteiger partial charge is 0.416 e. The number of amides is 1. The third-order valence-corrected chi connectivity index (χ3v) is 7.19. The van der Waals surface area contributed by atoms with Gasteiger partial charge in [0.05, 0.1) is 23.6 Å². The Balaban J connectivity index is 1.58. The molecule has 1 saturated heterocycles. The van der Waals surface area contributed by atoms with E-state index < -0.39 is 21.8 Å². The van der Waals surface area contributed by atoms with Gasteiger partial charge in [-0.15, -0.1) is 0 Å². The minimum absolute atomic E-state index is 0.0515. The number of ether oxygens (including phenoxy) is 1. The van der Waals surface area contributed by atoms with Gasteiger partial charge in [0.2, 0.25) is 15.9 Å². The highest BCUT2D eigenvalue weighted by Crippen LogP contribution is 2.32. The monoisotopic (exact) mass is 485 g/mol. The normalized spacial score (nSPS) is 15.1. The molecule has 180 valence electrons. The maximum absolute atomic E-state index is 13.0. The van der Waals surface area contributed by atoms with Gasteiger partial charge < -0.3 is 14.5 Å². The molecule has 2 aromatic carbocycles. The highest BCUT2D eigenvalue weighted by molar-refractivity contribution is 7.89. The van der Waals surface area contributed by atoms with E-state index in [1.54, 1.807) is 23.1 Å². The van der Waals surface area contributed by atoms with Crippen LogP contribution in [0.5, 0.6) is 5.75 Å². The van der Waals surface area contributed by atoms with Crippen LogP contribution in [-0.4, -0.2) is 69.9 Å². The van der Waals surface area contributed by atoms with E-state index >= 15 is 0 Å². The fourth-order valence-electron chi connectivity index (χ4n) is 3.52. The average molecular weight is 486 g/mol. The Hall–Kier alpha value is -2.79. The van der Waals surface area contributed by atoms with Gasteiger partial charge in [-0.2, -0.15) is 17.5 Å². The summed E-state index contributed by atoms with van der Waals surface area (Å²) in [7, 11) is -2.53. The van der Waals surface area contributed by atoms with Gasteiger partial charge >= 0.3 is 6.18 Å². The number of alkyl halides is 3. The Morgan fingerprint density at radius 3 is 2.27 bits per heavy atom. The molecule has 0 saturated carbocycles. The van der Waals surface area contributed by atoms with Gasteiger partial charge in [0, 0.05) is 38.9 Å². The standard InChI is InChI=1S/C22H26F3N3O4S/c1-3-32-19-7-9-20(10-8-19)33(30,31)26(2)16-21(29)28-13-11-27(12-14-28)18-6-4-5-17(15-18)22(23,24)25/h4-10,15H,3,11-14,16H2,1-2H3. The highest BCUT2D eigenvalue weighted by Gasteiger charge is 2.32. The molecule has 33 heavy (non-hydrogen) atoms. The van der Waals surface area contributed by atoms with Crippen molar-refractivity contribution in [2.75, 3.05) is 51.3 Å². The number of carbonyl (C=O) groups is 1. The molecular formula is C22H26F3N3O4S. The lowest BCUT2D eigenvalue weighted by Gasteiger charge is -2.36. The van der Waals surface area contributed by atoms with Crippen molar-refractivity contribution in [3.8, 4) is 5.75 Å². The van der Waals surface area contributed by atoms with Gasteiger partial charge in [-0.25, -0.2) is 8.42 Å². The van der Waals surface area contributed by atoms with Gasteiger partial charge in [-0.05, 0) is 49.4 Å². The molecule has 1 aliphatic heterocycles. The van der Waals surface area contributed by atoms with Crippen LogP contribution in [0.15, 0.2) is 53.4 Å². The molecule has 11 heteroatoms. The molecule has 0 aromatic heterocycles. The number of piperazine rings is 1. The van der Waals surface area contributed by atoms with Crippen LogP contribution in [0.3, 0.4) is 0 Å². The molecule has 0 N–H and O–H groups in total. The third-order valence-electron chi connectivity index (χ3n) is 5.37. The molecule has 0 spiro atoms. The van der Waals surface area contributed by atoms with Crippen molar-refractivity contribution in [2.24, 2.45) is 0 Å². The molecule has 1 fully saturated rings. The van der Waals surface area contributed by atoms with Crippen LogP contribution in [0.4, 0.5) is 18.9 Å². The fourth-order valence-corrected chi connectivity index (χ4v) is 4.64. The molecule has 0 bridgehead atoms. The van der Waals surface area contributed by atoms with E-state index in [9.17, 15) is 26.4 Å². The summed E-state index contributed by atoms with van der Waals surface area (Å²) in [6, 6.07) is 11.0. The largest absolute Gasteiger partial charge is 0.494 e. The molecule has 0 atom stereocenters. The Bertz CT molecular complexity index is 1070. The van der Waals surface area contributed by atoms with E-state index in [0.29, 0.717) is 31.1 Å². The van der Waals surface area contributed by atoms with Crippen LogP contribution in [0, 0.1) is 0 Å². The van der Waals surface area contributed by atoms with Gasteiger partial charge in [0.25, 0.3) is 0 Å². The van der Waals surface area contributed by atoms with Gasteiger partial charge in [0.15, 0.2) is 0 Å². The Labute approximate surface area is 191 Å². The zero-order valence-electron chi connectivity index (χ0n) is 18.4. The summed E-state index contributed by atoms with van der Waals surface area (Å²) in [5, 5.41) is 0. The van der Waals surface area contributed by atoms with E-state index in [1.807, 2.05) is 6.92 Å². The van der Waals surface area contributed by atoms with E-state index in [1.165, 1.54) is 30.1 Å². The molecule has 2 aromatic rings. The Morgan fingerprint density at radius 1 is 1.06 bits per heavy atom. The maximum atomic E-state index is 13.0. The molecular weight excluding hydrogens is 459 g/mol. The van der Waals surface area contributed by atoms with Crippen LogP contribution in [-0.2, 0) is 21.0 Å². The number of nitrogens with zero attached hydrogens (tertiary/aromatic N) is 3. The third kappa shape index (κ3) is 5.97. The molecule has 1 amide bonds. The zero-order valence-corrected chi connectivity index (χ0v) is 19.2. The summed E-state index contributed by atoms with van der Waals surface area (Å²) in [4.78, 5) is 16.0.